The van der Waals surface area contributed by atoms with Crippen LogP contribution in [0.3, 0.4) is 0 Å². The molecule has 0 aliphatic rings. The number of hydrogen-bond donors (Lipinski definition) is 1. The zero-order chi connectivity index (χ0) is 13.6. The molecule has 0 unspecified atom stereocenters. The largest absolute Gasteiger partial charge is 0.372 e. The molecule has 2 N–H and O–H groups in total. The highest BCUT2D eigenvalue weighted by Crippen LogP contribution is 2.22. The lowest BCUT2D eigenvalue weighted by Gasteiger charge is -2.28. The third kappa shape index (κ3) is 5.09. The smallest absolute Gasteiger partial charge is 0.0366 e. The summed E-state index contributed by atoms with van der Waals surface area (Å²) in [6.07, 6.45) is 2.40. The molecule has 0 radical (unpaired) electrons. The first-order chi connectivity index (χ1) is 8.46. The summed E-state index contributed by atoms with van der Waals surface area (Å²) in [6.45, 7) is 12.0. The SMILES string of the molecule is CCCN(CCC(C)(C)C)c1ccc(CN)cc1. The van der Waals surface area contributed by atoms with E-state index in [-0.39, 0.29) is 0 Å². The van der Waals surface area contributed by atoms with Gasteiger partial charge < -0.3 is 10.6 Å². The Morgan fingerprint density at radius 2 is 1.67 bits per heavy atom. The molecule has 0 fully saturated rings. The van der Waals surface area contributed by atoms with Crippen LogP contribution in [0, 0.1) is 5.41 Å². The average molecular weight is 248 g/mol. The highest BCUT2D eigenvalue weighted by atomic mass is 15.1. The lowest BCUT2D eigenvalue weighted by molar-refractivity contribution is 0.378. The van der Waals surface area contributed by atoms with E-state index in [1.807, 2.05) is 0 Å². The van der Waals surface area contributed by atoms with E-state index in [0.29, 0.717) is 12.0 Å². The second-order valence-electron chi connectivity index (χ2n) is 6.17. The lowest BCUT2D eigenvalue weighted by atomic mass is 9.92. The monoisotopic (exact) mass is 248 g/mol. The van der Waals surface area contributed by atoms with Gasteiger partial charge >= 0.3 is 0 Å². The topological polar surface area (TPSA) is 29.3 Å². The molecule has 0 amide bonds. The molecule has 102 valence electrons. The molecule has 2 heteroatoms. The van der Waals surface area contributed by atoms with E-state index in [0.717, 1.165) is 13.1 Å². The highest BCUT2D eigenvalue weighted by Gasteiger charge is 2.13. The summed E-state index contributed by atoms with van der Waals surface area (Å²) in [5.74, 6) is 0. The van der Waals surface area contributed by atoms with Gasteiger partial charge in [-0.25, -0.2) is 0 Å². The van der Waals surface area contributed by atoms with Crippen molar-refractivity contribution in [2.45, 2.75) is 47.1 Å². The van der Waals surface area contributed by atoms with Crippen molar-refractivity contribution in [3.8, 4) is 0 Å². The molecule has 0 aliphatic heterocycles. The molecule has 2 nitrogen and oxygen atoms in total. The molecular formula is C16H28N2. The molecule has 0 aliphatic carbocycles. The number of anilines is 1. The number of benzene rings is 1. The maximum absolute atomic E-state index is 5.64. The van der Waals surface area contributed by atoms with Gasteiger partial charge in [0.1, 0.15) is 0 Å². The Labute approximate surface area is 112 Å². The van der Waals surface area contributed by atoms with Crippen molar-refractivity contribution in [3.05, 3.63) is 29.8 Å². The van der Waals surface area contributed by atoms with E-state index in [1.54, 1.807) is 0 Å². The highest BCUT2D eigenvalue weighted by molar-refractivity contribution is 5.47. The third-order valence-electron chi connectivity index (χ3n) is 3.16. The second kappa shape index (κ2) is 6.79. The summed E-state index contributed by atoms with van der Waals surface area (Å²) >= 11 is 0. The van der Waals surface area contributed by atoms with E-state index in [1.165, 1.54) is 24.1 Å². The summed E-state index contributed by atoms with van der Waals surface area (Å²) in [5, 5.41) is 0. The molecule has 0 heterocycles. The maximum Gasteiger partial charge on any atom is 0.0366 e. The zero-order valence-electron chi connectivity index (χ0n) is 12.4. The molecule has 0 atom stereocenters. The normalized spacial score (nSPS) is 11.6. The number of rotatable bonds is 6. The molecule has 0 bridgehead atoms. The fourth-order valence-corrected chi connectivity index (χ4v) is 1.95. The standard InChI is InChI=1S/C16H28N2/c1-5-11-18(12-10-16(2,3)4)15-8-6-14(13-17)7-9-15/h6-9H,5,10-13,17H2,1-4H3. The summed E-state index contributed by atoms with van der Waals surface area (Å²) in [5.41, 5.74) is 8.55. The van der Waals surface area contributed by atoms with Gasteiger partial charge in [0.25, 0.3) is 0 Å². The van der Waals surface area contributed by atoms with Crippen molar-refractivity contribution in [1.29, 1.82) is 0 Å². The van der Waals surface area contributed by atoms with Gasteiger partial charge in [-0.3, -0.25) is 0 Å². The van der Waals surface area contributed by atoms with Crippen LogP contribution in [0.2, 0.25) is 0 Å². The van der Waals surface area contributed by atoms with E-state index in [2.05, 4.69) is 56.9 Å². The van der Waals surface area contributed by atoms with Crippen LogP contribution in [-0.2, 0) is 6.54 Å². The Hall–Kier alpha value is -1.02. The first-order valence-corrected chi connectivity index (χ1v) is 7.00. The second-order valence-corrected chi connectivity index (χ2v) is 6.17. The van der Waals surface area contributed by atoms with Gasteiger partial charge in [0, 0.05) is 25.3 Å². The molecule has 1 aromatic carbocycles. The number of hydrogen-bond acceptors (Lipinski definition) is 2. The van der Waals surface area contributed by atoms with E-state index in [9.17, 15) is 0 Å². The molecule has 0 saturated carbocycles. The summed E-state index contributed by atoms with van der Waals surface area (Å²) in [7, 11) is 0. The fourth-order valence-electron chi connectivity index (χ4n) is 1.95. The van der Waals surface area contributed by atoms with Crippen LogP contribution in [0.15, 0.2) is 24.3 Å². The van der Waals surface area contributed by atoms with Crippen LogP contribution >= 0.6 is 0 Å². The van der Waals surface area contributed by atoms with Crippen LogP contribution in [0.5, 0.6) is 0 Å². The van der Waals surface area contributed by atoms with Crippen LogP contribution in [0.4, 0.5) is 5.69 Å². The van der Waals surface area contributed by atoms with Gasteiger partial charge in [0.05, 0.1) is 0 Å². The minimum Gasteiger partial charge on any atom is -0.372 e. The quantitative estimate of drug-likeness (QED) is 0.829. The van der Waals surface area contributed by atoms with Crippen LogP contribution in [0.25, 0.3) is 0 Å². The van der Waals surface area contributed by atoms with Crippen molar-refractivity contribution >= 4 is 5.69 Å². The van der Waals surface area contributed by atoms with E-state index < -0.39 is 0 Å². The van der Waals surface area contributed by atoms with Gasteiger partial charge in [0.15, 0.2) is 0 Å². The Morgan fingerprint density at radius 3 is 2.11 bits per heavy atom. The lowest BCUT2D eigenvalue weighted by Crippen LogP contribution is -2.28. The number of nitrogens with two attached hydrogens (primary N) is 1. The van der Waals surface area contributed by atoms with Gasteiger partial charge in [-0.2, -0.15) is 0 Å². The Balaban J connectivity index is 2.70. The molecule has 0 saturated heterocycles. The molecule has 18 heavy (non-hydrogen) atoms. The van der Waals surface area contributed by atoms with Crippen molar-refractivity contribution < 1.29 is 0 Å². The van der Waals surface area contributed by atoms with E-state index >= 15 is 0 Å². The van der Waals surface area contributed by atoms with Crippen LogP contribution < -0.4 is 10.6 Å². The minimum absolute atomic E-state index is 0.392. The van der Waals surface area contributed by atoms with Gasteiger partial charge in [-0.1, -0.05) is 39.8 Å². The van der Waals surface area contributed by atoms with Crippen molar-refractivity contribution in [1.82, 2.24) is 0 Å². The molecular weight excluding hydrogens is 220 g/mol. The van der Waals surface area contributed by atoms with Gasteiger partial charge in [-0.05, 0) is 36.0 Å². The molecule has 0 aromatic heterocycles. The van der Waals surface area contributed by atoms with Gasteiger partial charge in [0.2, 0.25) is 0 Å². The minimum atomic E-state index is 0.392. The molecule has 1 rings (SSSR count). The zero-order valence-corrected chi connectivity index (χ0v) is 12.4. The Bertz CT molecular complexity index is 335. The van der Waals surface area contributed by atoms with E-state index in [4.69, 9.17) is 5.73 Å². The number of nitrogens with zero attached hydrogens (tertiary/aromatic N) is 1. The Kier molecular flexibility index (Phi) is 5.67. The predicted octanol–water partition coefficient (Wildman–Crippen LogP) is 3.80. The Morgan fingerprint density at radius 1 is 1.06 bits per heavy atom. The third-order valence-corrected chi connectivity index (χ3v) is 3.16. The van der Waals surface area contributed by atoms with Crippen LogP contribution in [-0.4, -0.2) is 13.1 Å². The van der Waals surface area contributed by atoms with Crippen molar-refractivity contribution in [2.24, 2.45) is 11.1 Å². The average Bonchev–Trinajstić information content (AvgIpc) is 2.33. The summed E-state index contributed by atoms with van der Waals surface area (Å²) < 4.78 is 0. The van der Waals surface area contributed by atoms with Gasteiger partial charge in [-0.15, -0.1) is 0 Å². The maximum atomic E-state index is 5.64. The summed E-state index contributed by atoms with van der Waals surface area (Å²) in [6, 6.07) is 8.66. The summed E-state index contributed by atoms with van der Waals surface area (Å²) in [4.78, 5) is 2.48. The fraction of sp³-hybridized carbons (Fsp3) is 0.625. The van der Waals surface area contributed by atoms with Crippen molar-refractivity contribution in [3.63, 3.8) is 0 Å². The first-order valence-electron chi connectivity index (χ1n) is 7.00. The first kappa shape index (κ1) is 15.0. The molecule has 1 aromatic rings. The molecule has 0 spiro atoms. The van der Waals surface area contributed by atoms with Crippen LogP contribution in [0.1, 0.15) is 46.1 Å². The van der Waals surface area contributed by atoms with Crippen molar-refractivity contribution in [2.75, 3.05) is 18.0 Å². The predicted molar refractivity (Wildman–Crippen MR) is 80.9 cm³/mol.